The maximum absolute atomic E-state index is 6.16. The summed E-state index contributed by atoms with van der Waals surface area (Å²) >= 11 is 0. The molecule has 0 spiro atoms. The number of hydrogen-bond donors (Lipinski definition) is 1. The van der Waals surface area contributed by atoms with Gasteiger partial charge < -0.3 is 5.73 Å². The first kappa shape index (κ1) is 11.3. The van der Waals surface area contributed by atoms with Gasteiger partial charge in [-0.15, -0.1) is 0 Å². The molecule has 2 saturated carbocycles. The summed E-state index contributed by atoms with van der Waals surface area (Å²) in [6.45, 7) is 2.14. The van der Waals surface area contributed by atoms with Gasteiger partial charge in [-0.1, -0.05) is 6.92 Å². The number of fused-ring (bicyclic) bond motifs is 1. The van der Waals surface area contributed by atoms with Gasteiger partial charge in [0.05, 0.1) is 11.9 Å². The second kappa shape index (κ2) is 3.95. The minimum atomic E-state index is 0.645. The van der Waals surface area contributed by atoms with Gasteiger partial charge in [0.2, 0.25) is 0 Å². The van der Waals surface area contributed by atoms with Gasteiger partial charge in [0.25, 0.3) is 0 Å². The number of aromatic nitrogens is 3. The molecule has 0 bridgehead atoms. The molecule has 2 heterocycles. The molecular weight excluding hydrogens is 236 g/mol. The minimum Gasteiger partial charge on any atom is -0.384 e. The van der Waals surface area contributed by atoms with Crippen LogP contribution in [-0.4, -0.2) is 14.6 Å². The van der Waals surface area contributed by atoms with E-state index >= 15 is 0 Å². The lowest BCUT2D eigenvalue weighted by molar-refractivity contribution is 0.524. The number of rotatable bonds is 4. The summed E-state index contributed by atoms with van der Waals surface area (Å²) in [4.78, 5) is 4.91. The molecule has 0 amide bonds. The van der Waals surface area contributed by atoms with Crippen LogP contribution in [0.25, 0.3) is 5.65 Å². The number of aryl methyl sites for hydroxylation is 1. The number of anilines is 1. The van der Waals surface area contributed by atoms with Crippen molar-refractivity contribution in [1.29, 1.82) is 0 Å². The predicted octanol–water partition coefficient (Wildman–Crippen LogP) is 2.78. The zero-order chi connectivity index (χ0) is 13.0. The molecule has 2 aromatic heterocycles. The van der Waals surface area contributed by atoms with Crippen LogP contribution in [0.15, 0.2) is 12.3 Å². The Labute approximate surface area is 113 Å². The summed E-state index contributed by atoms with van der Waals surface area (Å²) in [5, 5.41) is 4.34. The zero-order valence-electron chi connectivity index (χ0n) is 11.3. The molecule has 0 unspecified atom stereocenters. The van der Waals surface area contributed by atoms with Gasteiger partial charge in [0.15, 0.2) is 5.65 Å². The van der Waals surface area contributed by atoms with Crippen molar-refractivity contribution in [3.05, 3.63) is 23.5 Å². The minimum absolute atomic E-state index is 0.645. The number of nitrogens with zero attached hydrogens (tertiary/aromatic N) is 3. The molecular formula is C15H20N4. The lowest BCUT2D eigenvalue weighted by atomic mass is 9.94. The van der Waals surface area contributed by atoms with E-state index in [0.717, 1.165) is 29.7 Å². The van der Waals surface area contributed by atoms with E-state index in [4.69, 9.17) is 10.7 Å². The van der Waals surface area contributed by atoms with Crippen molar-refractivity contribution in [3.63, 3.8) is 0 Å². The Kier molecular flexibility index (Phi) is 2.34. The molecule has 100 valence electrons. The molecule has 4 nitrogen and oxygen atoms in total. The maximum Gasteiger partial charge on any atom is 0.160 e. The van der Waals surface area contributed by atoms with Gasteiger partial charge in [-0.2, -0.15) is 9.61 Å². The van der Waals surface area contributed by atoms with E-state index in [9.17, 15) is 0 Å². The SMILES string of the molecule is CCc1cnn2c(N)cc(C(C3CC3)C3CC3)nc12. The summed E-state index contributed by atoms with van der Waals surface area (Å²) in [6, 6.07) is 2.06. The highest BCUT2D eigenvalue weighted by atomic mass is 15.3. The summed E-state index contributed by atoms with van der Waals surface area (Å²) in [5.74, 6) is 3.09. The van der Waals surface area contributed by atoms with Crippen molar-refractivity contribution < 1.29 is 0 Å². The van der Waals surface area contributed by atoms with Gasteiger partial charge >= 0.3 is 0 Å². The Morgan fingerprint density at radius 1 is 1.32 bits per heavy atom. The van der Waals surface area contributed by atoms with Crippen LogP contribution in [-0.2, 0) is 6.42 Å². The van der Waals surface area contributed by atoms with E-state index in [1.165, 1.54) is 36.9 Å². The molecule has 0 saturated heterocycles. The van der Waals surface area contributed by atoms with Crippen molar-refractivity contribution in [1.82, 2.24) is 14.6 Å². The second-order valence-corrected chi connectivity index (χ2v) is 6.07. The number of hydrogen-bond acceptors (Lipinski definition) is 3. The Morgan fingerprint density at radius 3 is 2.58 bits per heavy atom. The average molecular weight is 256 g/mol. The molecule has 4 heteroatoms. The number of nitrogens with two attached hydrogens (primary N) is 1. The van der Waals surface area contributed by atoms with E-state index in [1.54, 1.807) is 4.52 Å². The fourth-order valence-electron chi connectivity index (χ4n) is 3.25. The highest BCUT2D eigenvalue weighted by molar-refractivity contribution is 5.53. The van der Waals surface area contributed by atoms with Gasteiger partial charge in [-0.3, -0.25) is 0 Å². The van der Waals surface area contributed by atoms with Crippen molar-refractivity contribution in [2.45, 2.75) is 44.9 Å². The first-order chi connectivity index (χ1) is 9.28. The zero-order valence-corrected chi connectivity index (χ0v) is 11.3. The molecule has 2 fully saturated rings. The summed E-state index contributed by atoms with van der Waals surface area (Å²) in [6.07, 6.45) is 8.33. The maximum atomic E-state index is 6.16. The van der Waals surface area contributed by atoms with Crippen molar-refractivity contribution >= 4 is 11.5 Å². The van der Waals surface area contributed by atoms with Gasteiger partial charge in [0.1, 0.15) is 5.82 Å². The molecule has 2 aliphatic carbocycles. The smallest absolute Gasteiger partial charge is 0.160 e. The standard InChI is InChI=1S/C15H20N4/c1-2-9-8-17-19-13(16)7-12(18-15(9)19)14(10-3-4-10)11-5-6-11/h7-8,10-11,14H,2-6,16H2,1H3. The monoisotopic (exact) mass is 256 g/mol. The third-order valence-electron chi connectivity index (χ3n) is 4.57. The van der Waals surface area contributed by atoms with Crippen LogP contribution >= 0.6 is 0 Å². The fourth-order valence-corrected chi connectivity index (χ4v) is 3.25. The molecule has 2 aromatic rings. The summed E-state index contributed by atoms with van der Waals surface area (Å²) in [7, 11) is 0. The van der Waals surface area contributed by atoms with Crippen molar-refractivity contribution in [2.75, 3.05) is 5.73 Å². The average Bonchev–Trinajstić information content (AvgIpc) is 3.31. The van der Waals surface area contributed by atoms with Crippen LogP contribution in [0.1, 0.15) is 49.8 Å². The molecule has 0 aliphatic heterocycles. The van der Waals surface area contributed by atoms with Crippen LogP contribution in [0.3, 0.4) is 0 Å². The predicted molar refractivity (Wildman–Crippen MR) is 75.0 cm³/mol. The topological polar surface area (TPSA) is 56.2 Å². The Morgan fingerprint density at radius 2 is 2.00 bits per heavy atom. The lowest BCUT2D eigenvalue weighted by Gasteiger charge is -2.16. The van der Waals surface area contributed by atoms with Crippen LogP contribution in [0.2, 0.25) is 0 Å². The summed E-state index contributed by atoms with van der Waals surface area (Å²) in [5.41, 5.74) is 9.53. The van der Waals surface area contributed by atoms with Gasteiger partial charge in [-0.25, -0.2) is 4.98 Å². The van der Waals surface area contributed by atoms with Crippen molar-refractivity contribution in [2.24, 2.45) is 11.8 Å². The highest BCUT2D eigenvalue weighted by Crippen LogP contribution is 2.54. The van der Waals surface area contributed by atoms with E-state index in [0.29, 0.717) is 5.92 Å². The Balaban J connectivity index is 1.84. The molecule has 0 radical (unpaired) electrons. The molecule has 0 atom stereocenters. The largest absolute Gasteiger partial charge is 0.384 e. The van der Waals surface area contributed by atoms with Crippen LogP contribution in [0.4, 0.5) is 5.82 Å². The molecule has 2 N–H and O–H groups in total. The van der Waals surface area contributed by atoms with Crippen LogP contribution in [0, 0.1) is 11.8 Å². The second-order valence-electron chi connectivity index (χ2n) is 6.07. The molecule has 4 rings (SSSR count). The van der Waals surface area contributed by atoms with Crippen LogP contribution in [0.5, 0.6) is 0 Å². The Bertz CT molecular complexity index is 610. The molecule has 19 heavy (non-hydrogen) atoms. The molecule has 2 aliphatic rings. The molecule has 0 aromatic carbocycles. The third-order valence-corrected chi connectivity index (χ3v) is 4.57. The first-order valence-corrected chi connectivity index (χ1v) is 7.41. The van der Waals surface area contributed by atoms with E-state index < -0.39 is 0 Å². The number of nitrogen functional groups attached to an aromatic ring is 1. The van der Waals surface area contributed by atoms with Gasteiger partial charge in [-0.05, 0) is 43.9 Å². The van der Waals surface area contributed by atoms with Crippen molar-refractivity contribution in [3.8, 4) is 0 Å². The Hall–Kier alpha value is -1.58. The first-order valence-electron chi connectivity index (χ1n) is 7.41. The summed E-state index contributed by atoms with van der Waals surface area (Å²) < 4.78 is 1.78. The van der Waals surface area contributed by atoms with Crippen LogP contribution < -0.4 is 5.73 Å². The van der Waals surface area contributed by atoms with E-state index in [-0.39, 0.29) is 0 Å². The lowest BCUT2D eigenvalue weighted by Crippen LogP contribution is -2.10. The van der Waals surface area contributed by atoms with Gasteiger partial charge in [0, 0.05) is 17.5 Å². The quantitative estimate of drug-likeness (QED) is 0.915. The third kappa shape index (κ3) is 1.81. The fraction of sp³-hybridized carbons (Fsp3) is 0.600. The highest BCUT2D eigenvalue weighted by Gasteiger charge is 2.43. The normalized spacial score (nSPS) is 19.5. The van der Waals surface area contributed by atoms with E-state index in [2.05, 4.69) is 18.1 Å². The van der Waals surface area contributed by atoms with E-state index in [1.807, 2.05) is 6.20 Å².